The number of nitrogens with one attached hydrogen (secondary N) is 1. The highest BCUT2D eigenvalue weighted by Crippen LogP contribution is 2.20. The fourth-order valence-corrected chi connectivity index (χ4v) is 3.30. The number of rotatable bonds is 4. The summed E-state index contributed by atoms with van der Waals surface area (Å²) in [5.74, 6) is 2.92. The quantitative estimate of drug-likeness (QED) is 0.747. The van der Waals surface area contributed by atoms with Gasteiger partial charge >= 0.3 is 0 Å². The smallest absolute Gasteiger partial charge is 0.257 e. The second kappa shape index (κ2) is 7.67. The Morgan fingerprint density at radius 2 is 1.93 bits per heavy atom. The molecule has 0 aliphatic carbocycles. The van der Waals surface area contributed by atoms with E-state index in [0.717, 1.165) is 17.3 Å². The van der Waals surface area contributed by atoms with Crippen LogP contribution in [-0.2, 0) is 0 Å². The van der Waals surface area contributed by atoms with Crippen LogP contribution in [0.1, 0.15) is 21.9 Å². The summed E-state index contributed by atoms with van der Waals surface area (Å²) < 4.78 is 5.48. The molecule has 0 bridgehead atoms. The molecule has 0 unspecified atom stereocenters. The molecule has 0 saturated carbocycles. The van der Waals surface area contributed by atoms with Gasteiger partial charge in [0.25, 0.3) is 5.91 Å². The average Bonchev–Trinajstić information content (AvgIpc) is 3.07. The number of pyridine rings is 1. The van der Waals surface area contributed by atoms with E-state index in [1.165, 1.54) is 0 Å². The third-order valence-corrected chi connectivity index (χ3v) is 4.75. The van der Waals surface area contributed by atoms with Gasteiger partial charge in [-0.3, -0.25) is 9.78 Å². The highest BCUT2D eigenvalue weighted by molar-refractivity contribution is 5.95. The molecule has 1 aliphatic heterocycles. The first-order valence-electron chi connectivity index (χ1n) is 9.22. The lowest BCUT2D eigenvalue weighted by Crippen LogP contribution is -2.49. The van der Waals surface area contributed by atoms with Crippen LogP contribution in [0.4, 0.5) is 17.3 Å². The SMILES string of the molecule is Cc1cc(C(=O)N2CCN(c3ccc(Nc4cccnc4)nn3)CC2)c(C)o1. The number of piperazine rings is 1. The van der Waals surface area contributed by atoms with Gasteiger partial charge in [0.15, 0.2) is 11.6 Å². The van der Waals surface area contributed by atoms with Crippen LogP contribution in [0.5, 0.6) is 0 Å². The zero-order valence-corrected chi connectivity index (χ0v) is 15.9. The number of furan rings is 1. The van der Waals surface area contributed by atoms with E-state index >= 15 is 0 Å². The summed E-state index contributed by atoms with van der Waals surface area (Å²) in [5, 5.41) is 11.7. The Hall–Kier alpha value is -3.42. The van der Waals surface area contributed by atoms with Crippen LogP contribution in [0.15, 0.2) is 47.1 Å². The maximum atomic E-state index is 12.7. The lowest BCUT2D eigenvalue weighted by Gasteiger charge is -2.35. The fraction of sp³-hybridized carbons (Fsp3) is 0.300. The monoisotopic (exact) mass is 378 g/mol. The Morgan fingerprint density at radius 3 is 2.54 bits per heavy atom. The summed E-state index contributed by atoms with van der Waals surface area (Å²) >= 11 is 0. The Kier molecular flexibility index (Phi) is 4.92. The molecule has 144 valence electrons. The molecule has 0 aromatic carbocycles. The summed E-state index contributed by atoms with van der Waals surface area (Å²) in [6, 6.07) is 9.42. The number of carbonyl (C=O) groups is 1. The van der Waals surface area contributed by atoms with Crippen molar-refractivity contribution in [3.05, 3.63) is 59.8 Å². The van der Waals surface area contributed by atoms with Crippen molar-refractivity contribution < 1.29 is 9.21 Å². The molecule has 1 aliphatic rings. The van der Waals surface area contributed by atoms with Crippen molar-refractivity contribution in [2.45, 2.75) is 13.8 Å². The maximum Gasteiger partial charge on any atom is 0.257 e. The van der Waals surface area contributed by atoms with Crippen LogP contribution in [0, 0.1) is 13.8 Å². The summed E-state index contributed by atoms with van der Waals surface area (Å²) in [4.78, 5) is 20.8. The summed E-state index contributed by atoms with van der Waals surface area (Å²) in [6.45, 7) is 6.39. The first-order chi connectivity index (χ1) is 13.6. The molecule has 1 N–H and O–H groups in total. The molecule has 28 heavy (non-hydrogen) atoms. The van der Waals surface area contributed by atoms with Crippen LogP contribution in [0.25, 0.3) is 0 Å². The van der Waals surface area contributed by atoms with E-state index in [9.17, 15) is 4.79 Å². The third-order valence-electron chi connectivity index (χ3n) is 4.75. The minimum absolute atomic E-state index is 0.0242. The molecule has 1 saturated heterocycles. The van der Waals surface area contributed by atoms with E-state index in [4.69, 9.17) is 4.42 Å². The van der Waals surface area contributed by atoms with Crippen LogP contribution in [0.2, 0.25) is 0 Å². The summed E-state index contributed by atoms with van der Waals surface area (Å²) in [6.07, 6.45) is 3.45. The average molecular weight is 378 g/mol. The zero-order valence-electron chi connectivity index (χ0n) is 15.9. The number of amides is 1. The van der Waals surface area contributed by atoms with E-state index in [0.29, 0.717) is 43.3 Å². The molecule has 1 amide bonds. The third kappa shape index (κ3) is 3.80. The molecule has 1 fully saturated rings. The van der Waals surface area contributed by atoms with Gasteiger partial charge in [-0.2, -0.15) is 0 Å². The van der Waals surface area contributed by atoms with E-state index < -0.39 is 0 Å². The molecule has 4 rings (SSSR count). The molecule has 0 atom stereocenters. The molecule has 3 aromatic heterocycles. The second-order valence-electron chi connectivity index (χ2n) is 6.75. The van der Waals surface area contributed by atoms with Crippen LogP contribution >= 0.6 is 0 Å². The number of anilines is 3. The number of nitrogens with zero attached hydrogens (tertiary/aromatic N) is 5. The number of hydrogen-bond donors (Lipinski definition) is 1. The first kappa shape index (κ1) is 18.0. The second-order valence-corrected chi connectivity index (χ2v) is 6.75. The molecule has 4 heterocycles. The Balaban J connectivity index is 1.36. The van der Waals surface area contributed by atoms with E-state index in [2.05, 4.69) is 25.4 Å². The summed E-state index contributed by atoms with van der Waals surface area (Å²) in [7, 11) is 0. The Labute approximate surface area is 163 Å². The van der Waals surface area contributed by atoms with E-state index in [-0.39, 0.29) is 5.91 Å². The van der Waals surface area contributed by atoms with Gasteiger partial charge in [-0.05, 0) is 44.2 Å². The van der Waals surface area contributed by atoms with Crippen molar-refractivity contribution in [3.63, 3.8) is 0 Å². The predicted octanol–water partition coefficient (Wildman–Crippen LogP) is 2.79. The van der Waals surface area contributed by atoms with Crippen molar-refractivity contribution in [3.8, 4) is 0 Å². The normalized spacial score (nSPS) is 14.2. The van der Waals surface area contributed by atoms with Crippen molar-refractivity contribution in [2.75, 3.05) is 36.4 Å². The van der Waals surface area contributed by atoms with Gasteiger partial charge in [0, 0.05) is 32.4 Å². The lowest BCUT2D eigenvalue weighted by atomic mass is 10.2. The van der Waals surface area contributed by atoms with Crippen molar-refractivity contribution in [1.82, 2.24) is 20.1 Å². The molecule has 0 radical (unpaired) electrons. The number of hydrogen-bond acceptors (Lipinski definition) is 7. The lowest BCUT2D eigenvalue weighted by molar-refractivity contribution is 0.0744. The topological polar surface area (TPSA) is 87.4 Å². The Bertz CT molecular complexity index is 947. The van der Waals surface area contributed by atoms with Crippen molar-refractivity contribution in [2.24, 2.45) is 0 Å². The van der Waals surface area contributed by atoms with Crippen molar-refractivity contribution in [1.29, 1.82) is 0 Å². The van der Waals surface area contributed by atoms with Gasteiger partial charge < -0.3 is 19.5 Å². The molecule has 0 spiro atoms. The van der Waals surface area contributed by atoms with Gasteiger partial charge in [-0.15, -0.1) is 10.2 Å². The number of aromatic nitrogens is 3. The van der Waals surface area contributed by atoms with Gasteiger partial charge in [0.1, 0.15) is 11.5 Å². The summed E-state index contributed by atoms with van der Waals surface area (Å²) in [5.41, 5.74) is 1.51. The molecular weight excluding hydrogens is 356 g/mol. The maximum absolute atomic E-state index is 12.7. The highest BCUT2D eigenvalue weighted by Gasteiger charge is 2.25. The van der Waals surface area contributed by atoms with Crippen molar-refractivity contribution >= 4 is 23.2 Å². The van der Waals surface area contributed by atoms with Crippen LogP contribution < -0.4 is 10.2 Å². The largest absolute Gasteiger partial charge is 0.466 e. The number of carbonyl (C=O) groups excluding carboxylic acids is 1. The zero-order chi connectivity index (χ0) is 19.5. The van der Waals surface area contributed by atoms with Gasteiger partial charge in [-0.25, -0.2) is 0 Å². The minimum Gasteiger partial charge on any atom is -0.466 e. The highest BCUT2D eigenvalue weighted by atomic mass is 16.3. The van der Waals surface area contributed by atoms with E-state index in [1.54, 1.807) is 12.4 Å². The fourth-order valence-electron chi connectivity index (χ4n) is 3.30. The predicted molar refractivity (Wildman–Crippen MR) is 106 cm³/mol. The van der Waals surface area contributed by atoms with Gasteiger partial charge in [0.05, 0.1) is 17.4 Å². The van der Waals surface area contributed by atoms with E-state index in [1.807, 2.05) is 49.1 Å². The Morgan fingerprint density at radius 1 is 1.11 bits per heavy atom. The molecule has 3 aromatic rings. The standard InChI is InChI=1S/C20H22N6O2/c1-14-12-17(15(2)28-14)20(27)26-10-8-25(9-11-26)19-6-5-18(23-24-19)22-16-4-3-7-21-13-16/h3-7,12-13H,8-11H2,1-2H3,(H,22,23). The van der Waals surface area contributed by atoms with Crippen LogP contribution in [0.3, 0.4) is 0 Å². The van der Waals surface area contributed by atoms with Crippen LogP contribution in [-0.4, -0.2) is 52.2 Å². The van der Waals surface area contributed by atoms with Gasteiger partial charge in [0.2, 0.25) is 0 Å². The molecule has 8 nitrogen and oxygen atoms in total. The number of aryl methyl sites for hydroxylation is 2. The molecular formula is C20H22N6O2. The molecule has 8 heteroatoms. The van der Waals surface area contributed by atoms with Gasteiger partial charge in [-0.1, -0.05) is 0 Å². The minimum atomic E-state index is 0.0242. The first-order valence-corrected chi connectivity index (χ1v) is 9.22.